The van der Waals surface area contributed by atoms with Gasteiger partial charge in [-0.15, -0.1) is 0 Å². The molecule has 0 aromatic heterocycles. The highest BCUT2D eigenvalue weighted by Crippen LogP contribution is 2.06. The zero-order valence-corrected chi connectivity index (χ0v) is 10.2. The van der Waals surface area contributed by atoms with Crippen LogP contribution in [0.4, 0.5) is 0 Å². The van der Waals surface area contributed by atoms with Gasteiger partial charge in [0.15, 0.2) is 0 Å². The van der Waals surface area contributed by atoms with Gasteiger partial charge in [-0.2, -0.15) is 0 Å². The first-order valence-corrected chi connectivity index (χ1v) is 5.03. The third-order valence-corrected chi connectivity index (χ3v) is 1.31. The first-order valence-electron chi connectivity index (χ1n) is 5.03. The molecule has 0 N–H and O–H groups in total. The molecule has 0 saturated heterocycles. The lowest BCUT2D eigenvalue weighted by molar-refractivity contribution is 0.0764. The topological polar surface area (TPSA) is 18.5 Å². The SMILES string of the molecule is CC(=C=COC(C)(C)C)OCC(C)C. The molecule has 0 aliphatic carbocycles. The lowest BCUT2D eigenvalue weighted by Gasteiger charge is -2.16. The van der Waals surface area contributed by atoms with Crippen LogP contribution >= 0.6 is 0 Å². The molecule has 0 aliphatic rings. The van der Waals surface area contributed by atoms with Crippen molar-refractivity contribution >= 4 is 0 Å². The Morgan fingerprint density at radius 2 is 1.93 bits per heavy atom. The Labute approximate surface area is 87.6 Å². The molecule has 2 heteroatoms. The van der Waals surface area contributed by atoms with Gasteiger partial charge >= 0.3 is 0 Å². The predicted octanol–water partition coefficient (Wildman–Crippen LogP) is 3.49. The number of hydrogen-bond acceptors (Lipinski definition) is 2. The van der Waals surface area contributed by atoms with Crippen LogP contribution in [0.25, 0.3) is 0 Å². The average molecular weight is 198 g/mol. The molecule has 0 radical (unpaired) electrons. The summed E-state index contributed by atoms with van der Waals surface area (Å²) < 4.78 is 10.8. The lowest BCUT2D eigenvalue weighted by Crippen LogP contribution is -2.14. The lowest BCUT2D eigenvalue weighted by atomic mass is 10.2. The molecule has 0 aliphatic heterocycles. The molecule has 0 saturated carbocycles. The van der Waals surface area contributed by atoms with Crippen molar-refractivity contribution in [3.05, 3.63) is 17.8 Å². The maximum Gasteiger partial charge on any atom is 0.138 e. The van der Waals surface area contributed by atoms with Crippen LogP contribution in [0.2, 0.25) is 0 Å². The van der Waals surface area contributed by atoms with E-state index in [9.17, 15) is 0 Å². The van der Waals surface area contributed by atoms with E-state index in [-0.39, 0.29) is 5.60 Å². The summed E-state index contributed by atoms with van der Waals surface area (Å²) in [5.74, 6) is 1.30. The van der Waals surface area contributed by atoms with Crippen LogP contribution in [0.15, 0.2) is 17.8 Å². The van der Waals surface area contributed by atoms with Gasteiger partial charge in [-0.05, 0) is 32.4 Å². The van der Waals surface area contributed by atoms with Crippen LogP contribution in [0.3, 0.4) is 0 Å². The fourth-order valence-corrected chi connectivity index (χ4v) is 0.623. The second-order valence-electron chi connectivity index (χ2n) is 4.75. The molecule has 0 aromatic rings. The third kappa shape index (κ3) is 9.21. The molecule has 82 valence electrons. The van der Waals surface area contributed by atoms with Crippen molar-refractivity contribution in [2.24, 2.45) is 5.92 Å². The molecular weight excluding hydrogens is 176 g/mol. The minimum Gasteiger partial charge on any atom is -0.490 e. The first kappa shape index (κ1) is 13.1. The van der Waals surface area contributed by atoms with Crippen molar-refractivity contribution in [3.63, 3.8) is 0 Å². The molecule has 2 nitrogen and oxygen atoms in total. The molecule has 0 unspecified atom stereocenters. The summed E-state index contributed by atoms with van der Waals surface area (Å²) in [7, 11) is 0. The maximum atomic E-state index is 5.41. The van der Waals surface area contributed by atoms with Gasteiger partial charge in [0, 0.05) is 6.92 Å². The highest BCUT2D eigenvalue weighted by molar-refractivity contribution is 4.87. The number of allylic oxidation sites excluding steroid dienone is 1. The summed E-state index contributed by atoms with van der Waals surface area (Å²) in [6.07, 6.45) is 1.57. The summed E-state index contributed by atoms with van der Waals surface area (Å²) in [5.41, 5.74) is 2.78. The third-order valence-electron chi connectivity index (χ3n) is 1.31. The maximum absolute atomic E-state index is 5.41. The van der Waals surface area contributed by atoms with Crippen molar-refractivity contribution in [1.82, 2.24) is 0 Å². The highest BCUT2D eigenvalue weighted by atomic mass is 16.5. The van der Waals surface area contributed by atoms with E-state index in [1.807, 2.05) is 27.7 Å². The standard InChI is InChI=1S/C12H22O2/c1-10(2)9-13-11(3)7-8-14-12(4,5)6/h8,10H,9H2,1-6H3. The summed E-state index contributed by atoms with van der Waals surface area (Å²) in [5, 5.41) is 0. The van der Waals surface area contributed by atoms with E-state index < -0.39 is 0 Å². The zero-order valence-electron chi connectivity index (χ0n) is 10.2. The largest absolute Gasteiger partial charge is 0.490 e. The second-order valence-corrected chi connectivity index (χ2v) is 4.75. The van der Waals surface area contributed by atoms with Crippen LogP contribution < -0.4 is 0 Å². The fraction of sp³-hybridized carbons (Fsp3) is 0.750. The van der Waals surface area contributed by atoms with Gasteiger partial charge in [-0.25, -0.2) is 0 Å². The molecule has 0 amide bonds. The fourth-order valence-electron chi connectivity index (χ4n) is 0.623. The highest BCUT2D eigenvalue weighted by Gasteiger charge is 2.06. The average Bonchev–Trinajstić information content (AvgIpc) is 1.98. The first-order chi connectivity index (χ1) is 6.31. The van der Waals surface area contributed by atoms with E-state index in [0.717, 1.165) is 12.4 Å². The molecule has 0 bridgehead atoms. The van der Waals surface area contributed by atoms with E-state index >= 15 is 0 Å². The quantitative estimate of drug-likeness (QED) is 0.508. The Balaban J connectivity index is 3.97. The predicted molar refractivity (Wildman–Crippen MR) is 58.9 cm³/mol. The van der Waals surface area contributed by atoms with Crippen LogP contribution in [0, 0.1) is 5.92 Å². The Morgan fingerprint density at radius 1 is 1.36 bits per heavy atom. The normalized spacial score (nSPS) is 10.8. The van der Waals surface area contributed by atoms with Gasteiger partial charge in [-0.3, -0.25) is 0 Å². The number of rotatable bonds is 4. The van der Waals surface area contributed by atoms with Crippen LogP contribution in [-0.4, -0.2) is 12.2 Å². The van der Waals surface area contributed by atoms with Crippen molar-refractivity contribution in [3.8, 4) is 0 Å². The summed E-state index contributed by atoms with van der Waals surface area (Å²) in [6.45, 7) is 12.8. The van der Waals surface area contributed by atoms with Crippen molar-refractivity contribution in [2.45, 2.75) is 47.1 Å². The Bertz CT molecular complexity index is 215. The summed E-state index contributed by atoms with van der Waals surface area (Å²) >= 11 is 0. The molecule has 0 aromatic carbocycles. The molecule has 0 fully saturated rings. The molecule has 14 heavy (non-hydrogen) atoms. The molecular formula is C12H22O2. The Hall–Kier alpha value is -0.880. The molecule has 0 rings (SSSR count). The smallest absolute Gasteiger partial charge is 0.138 e. The molecule has 0 spiro atoms. The van der Waals surface area contributed by atoms with E-state index in [0.29, 0.717) is 5.92 Å². The van der Waals surface area contributed by atoms with Gasteiger partial charge in [-0.1, -0.05) is 13.8 Å². The van der Waals surface area contributed by atoms with E-state index in [2.05, 4.69) is 19.6 Å². The van der Waals surface area contributed by atoms with E-state index in [1.165, 1.54) is 0 Å². The summed E-state index contributed by atoms with van der Waals surface area (Å²) in [6, 6.07) is 0. The number of ether oxygens (including phenoxy) is 2. The minimum atomic E-state index is -0.161. The monoisotopic (exact) mass is 198 g/mol. The second kappa shape index (κ2) is 5.77. The van der Waals surface area contributed by atoms with Gasteiger partial charge in [0.2, 0.25) is 0 Å². The van der Waals surface area contributed by atoms with E-state index in [4.69, 9.17) is 9.47 Å². The van der Waals surface area contributed by atoms with Crippen molar-refractivity contribution < 1.29 is 9.47 Å². The number of hydrogen-bond donors (Lipinski definition) is 0. The minimum absolute atomic E-state index is 0.161. The van der Waals surface area contributed by atoms with Crippen LogP contribution in [-0.2, 0) is 9.47 Å². The van der Waals surface area contributed by atoms with Gasteiger partial charge in [0.05, 0.1) is 6.61 Å². The van der Waals surface area contributed by atoms with Crippen molar-refractivity contribution in [2.75, 3.05) is 6.61 Å². The van der Waals surface area contributed by atoms with Gasteiger partial charge in [0.25, 0.3) is 0 Å². The summed E-state index contributed by atoms with van der Waals surface area (Å²) in [4.78, 5) is 0. The van der Waals surface area contributed by atoms with Crippen molar-refractivity contribution in [1.29, 1.82) is 0 Å². The van der Waals surface area contributed by atoms with Crippen LogP contribution in [0.1, 0.15) is 41.5 Å². The Kier molecular flexibility index (Phi) is 5.40. The molecule has 0 atom stereocenters. The molecule has 0 heterocycles. The van der Waals surface area contributed by atoms with Crippen LogP contribution in [0.5, 0.6) is 0 Å². The van der Waals surface area contributed by atoms with E-state index in [1.54, 1.807) is 6.26 Å². The Morgan fingerprint density at radius 3 is 2.36 bits per heavy atom. The van der Waals surface area contributed by atoms with Gasteiger partial charge in [0.1, 0.15) is 17.6 Å². The van der Waals surface area contributed by atoms with Gasteiger partial charge < -0.3 is 9.47 Å². The zero-order chi connectivity index (χ0) is 11.2.